The number of anilines is 1. The van der Waals surface area contributed by atoms with Crippen LogP contribution in [0.1, 0.15) is 6.42 Å². The summed E-state index contributed by atoms with van der Waals surface area (Å²) in [6.45, 7) is -0.451. The summed E-state index contributed by atoms with van der Waals surface area (Å²) in [5.41, 5.74) is 0. The van der Waals surface area contributed by atoms with Crippen molar-refractivity contribution in [2.75, 3.05) is 11.9 Å². The molecule has 1 aliphatic rings. The predicted octanol–water partition coefficient (Wildman–Crippen LogP) is 1.02. The summed E-state index contributed by atoms with van der Waals surface area (Å²) in [6, 6.07) is 4.17. The van der Waals surface area contributed by atoms with E-state index in [-0.39, 0.29) is 0 Å². The second-order valence-corrected chi connectivity index (χ2v) is 3.70. The van der Waals surface area contributed by atoms with Crippen molar-refractivity contribution in [1.82, 2.24) is 10.3 Å². The molecule has 0 radical (unpaired) electrons. The molecule has 4 nitrogen and oxygen atoms in total. The highest BCUT2D eigenvalue weighted by Gasteiger charge is 2.42. The van der Waals surface area contributed by atoms with Crippen molar-refractivity contribution < 1.29 is 13.6 Å². The Hall–Kier alpha value is -1.56. The summed E-state index contributed by atoms with van der Waals surface area (Å²) >= 11 is 0. The molecular weight excluding hydrogens is 216 g/mol. The van der Waals surface area contributed by atoms with Crippen LogP contribution in [0.2, 0.25) is 0 Å². The molecule has 2 rings (SSSR count). The van der Waals surface area contributed by atoms with Crippen molar-refractivity contribution in [3.8, 4) is 0 Å². The second-order valence-electron chi connectivity index (χ2n) is 3.70. The van der Waals surface area contributed by atoms with E-state index in [2.05, 4.69) is 15.6 Å². The minimum atomic E-state index is -2.80. The fraction of sp³-hybridized carbons (Fsp3) is 0.400. The first-order chi connectivity index (χ1) is 7.57. The molecule has 2 N–H and O–H groups in total. The van der Waals surface area contributed by atoms with Crippen molar-refractivity contribution in [3.63, 3.8) is 0 Å². The van der Waals surface area contributed by atoms with Gasteiger partial charge in [0.05, 0.1) is 12.6 Å². The number of aromatic nitrogens is 1. The lowest BCUT2D eigenvalue weighted by Crippen LogP contribution is -2.35. The zero-order valence-corrected chi connectivity index (χ0v) is 8.41. The van der Waals surface area contributed by atoms with Gasteiger partial charge >= 0.3 is 0 Å². The SMILES string of the molecule is O=C(Nc1ccccn1)C1CC(F)(F)CN1. The number of alkyl halides is 2. The van der Waals surface area contributed by atoms with Gasteiger partial charge in [-0.3, -0.25) is 10.1 Å². The molecule has 0 bridgehead atoms. The van der Waals surface area contributed by atoms with Gasteiger partial charge in [-0.1, -0.05) is 6.07 Å². The third-order valence-corrected chi connectivity index (χ3v) is 2.34. The van der Waals surface area contributed by atoms with Gasteiger partial charge in [0.1, 0.15) is 5.82 Å². The Labute approximate surface area is 91.1 Å². The van der Waals surface area contributed by atoms with Crippen molar-refractivity contribution in [1.29, 1.82) is 0 Å². The van der Waals surface area contributed by atoms with E-state index < -0.39 is 30.8 Å². The van der Waals surface area contributed by atoms with Gasteiger partial charge in [-0.05, 0) is 12.1 Å². The first kappa shape index (κ1) is 10.9. The quantitative estimate of drug-likeness (QED) is 0.793. The molecule has 1 aliphatic heterocycles. The number of halogens is 2. The molecule has 0 aliphatic carbocycles. The van der Waals surface area contributed by atoms with Crippen LogP contribution in [0.4, 0.5) is 14.6 Å². The van der Waals surface area contributed by atoms with Crippen LogP contribution in [0, 0.1) is 0 Å². The predicted molar refractivity (Wildman–Crippen MR) is 54.2 cm³/mol. The Kier molecular flexibility index (Phi) is 2.82. The number of carbonyl (C=O) groups excluding carboxylic acids is 1. The van der Waals surface area contributed by atoms with Crippen LogP contribution >= 0.6 is 0 Å². The molecule has 16 heavy (non-hydrogen) atoms. The van der Waals surface area contributed by atoms with Crippen molar-refractivity contribution in [2.24, 2.45) is 0 Å². The minimum absolute atomic E-state index is 0.365. The van der Waals surface area contributed by atoms with E-state index in [1.165, 1.54) is 6.20 Å². The lowest BCUT2D eigenvalue weighted by molar-refractivity contribution is -0.118. The third-order valence-electron chi connectivity index (χ3n) is 2.34. The summed E-state index contributed by atoms with van der Waals surface area (Å²) in [7, 11) is 0. The monoisotopic (exact) mass is 227 g/mol. The van der Waals surface area contributed by atoms with Crippen molar-refractivity contribution >= 4 is 11.7 Å². The second kappa shape index (κ2) is 4.13. The first-order valence-electron chi connectivity index (χ1n) is 4.90. The maximum absolute atomic E-state index is 12.8. The maximum atomic E-state index is 12.8. The average molecular weight is 227 g/mol. The average Bonchev–Trinajstić information content (AvgIpc) is 2.60. The lowest BCUT2D eigenvalue weighted by Gasteiger charge is -2.10. The van der Waals surface area contributed by atoms with Crippen molar-refractivity contribution in [2.45, 2.75) is 18.4 Å². The molecule has 1 aromatic rings. The van der Waals surface area contributed by atoms with Crippen molar-refractivity contribution in [3.05, 3.63) is 24.4 Å². The molecule has 0 saturated carbocycles. The van der Waals surface area contributed by atoms with E-state index in [0.717, 1.165) is 0 Å². The minimum Gasteiger partial charge on any atom is -0.309 e. The van der Waals surface area contributed by atoms with E-state index in [4.69, 9.17) is 0 Å². The van der Waals surface area contributed by atoms with Crippen LogP contribution in [-0.4, -0.2) is 29.4 Å². The first-order valence-corrected chi connectivity index (χ1v) is 4.90. The lowest BCUT2D eigenvalue weighted by atomic mass is 10.2. The Morgan fingerprint density at radius 2 is 2.38 bits per heavy atom. The molecule has 2 heterocycles. The van der Waals surface area contributed by atoms with Crippen LogP contribution in [0.15, 0.2) is 24.4 Å². The maximum Gasteiger partial charge on any atom is 0.262 e. The van der Waals surface area contributed by atoms with Gasteiger partial charge < -0.3 is 5.32 Å². The van der Waals surface area contributed by atoms with E-state index in [1.807, 2.05) is 0 Å². The summed E-state index contributed by atoms with van der Waals surface area (Å²) in [4.78, 5) is 15.4. The number of nitrogens with one attached hydrogen (secondary N) is 2. The molecule has 1 unspecified atom stereocenters. The van der Waals surface area contributed by atoms with Gasteiger partial charge in [0.2, 0.25) is 5.91 Å². The van der Waals surface area contributed by atoms with Gasteiger partial charge in [0.25, 0.3) is 5.92 Å². The van der Waals surface area contributed by atoms with Gasteiger partial charge in [-0.2, -0.15) is 0 Å². The van der Waals surface area contributed by atoms with Gasteiger partial charge in [0.15, 0.2) is 0 Å². The Balaban J connectivity index is 1.95. The third kappa shape index (κ3) is 2.52. The zero-order valence-electron chi connectivity index (χ0n) is 8.41. The highest BCUT2D eigenvalue weighted by Crippen LogP contribution is 2.25. The van der Waals surface area contributed by atoms with Crippen LogP contribution in [0.25, 0.3) is 0 Å². The van der Waals surface area contributed by atoms with Crippen LogP contribution < -0.4 is 10.6 Å². The molecule has 1 aromatic heterocycles. The topological polar surface area (TPSA) is 54.0 Å². The van der Waals surface area contributed by atoms with Gasteiger partial charge in [0, 0.05) is 12.6 Å². The number of nitrogens with zero attached hydrogens (tertiary/aromatic N) is 1. The van der Waals surface area contributed by atoms with Gasteiger partial charge in [-0.15, -0.1) is 0 Å². The molecule has 1 fully saturated rings. The number of hydrogen-bond acceptors (Lipinski definition) is 3. The van der Waals surface area contributed by atoms with E-state index in [9.17, 15) is 13.6 Å². The highest BCUT2D eigenvalue weighted by molar-refractivity contribution is 5.94. The summed E-state index contributed by atoms with van der Waals surface area (Å²) in [6.07, 6.45) is 1.05. The fourth-order valence-corrected chi connectivity index (χ4v) is 1.55. The summed E-state index contributed by atoms with van der Waals surface area (Å²) in [5.74, 6) is -2.91. The number of amides is 1. The van der Waals surface area contributed by atoms with Crippen LogP contribution in [-0.2, 0) is 4.79 Å². The Bertz CT molecular complexity index is 383. The normalized spacial score (nSPS) is 23.0. The van der Waals surface area contributed by atoms with E-state index >= 15 is 0 Å². The van der Waals surface area contributed by atoms with E-state index in [1.54, 1.807) is 18.2 Å². The standard InChI is InChI=1S/C10H11F2N3O/c11-10(12)5-7(14-6-10)9(16)15-8-3-1-2-4-13-8/h1-4,7,14H,5-6H2,(H,13,15,16). The molecule has 0 aromatic carbocycles. The molecular formula is C10H11F2N3O. The Morgan fingerprint density at radius 1 is 1.56 bits per heavy atom. The molecule has 1 atom stereocenters. The van der Waals surface area contributed by atoms with E-state index in [0.29, 0.717) is 5.82 Å². The number of rotatable bonds is 2. The fourth-order valence-electron chi connectivity index (χ4n) is 1.55. The van der Waals surface area contributed by atoms with Crippen LogP contribution in [0.5, 0.6) is 0 Å². The molecule has 1 amide bonds. The number of carbonyl (C=O) groups is 1. The molecule has 1 saturated heterocycles. The highest BCUT2D eigenvalue weighted by atomic mass is 19.3. The molecule has 0 spiro atoms. The number of pyridine rings is 1. The number of hydrogen-bond donors (Lipinski definition) is 2. The zero-order chi connectivity index (χ0) is 11.6. The summed E-state index contributed by atoms with van der Waals surface area (Å²) in [5, 5.41) is 4.95. The largest absolute Gasteiger partial charge is 0.309 e. The molecule has 86 valence electrons. The summed E-state index contributed by atoms with van der Waals surface area (Å²) < 4.78 is 25.7. The van der Waals surface area contributed by atoms with Crippen LogP contribution in [0.3, 0.4) is 0 Å². The Morgan fingerprint density at radius 3 is 2.94 bits per heavy atom. The van der Waals surface area contributed by atoms with Gasteiger partial charge in [-0.25, -0.2) is 13.8 Å². The smallest absolute Gasteiger partial charge is 0.262 e. The molecule has 6 heteroatoms.